The number of benzene rings is 1. The molecule has 116 valence electrons. The van der Waals surface area contributed by atoms with Crippen LogP contribution in [-0.2, 0) is 14.6 Å². The van der Waals surface area contributed by atoms with Crippen LogP contribution in [0.25, 0.3) is 0 Å². The Labute approximate surface area is 126 Å². The number of nitrogens with zero attached hydrogens (tertiary/aromatic N) is 1. The van der Waals surface area contributed by atoms with Crippen LogP contribution in [0.2, 0.25) is 0 Å². The number of likely N-dealkylation sites (tertiary alicyclic amines) is 1. The van der Waals surface area contributed by atoms with Gasteiger partial charge < -0.3 is 10.2 Å². The third-order valence-corrected chi connectivity index (χ3v) is 5.50. The van der Waals surface area contributed by atoms with Crippen LogP contribution in [0.5, 0.6) is 0 Å². The lowest BCUT2D eigenvalue weighted by atomic mass is 10.3. The van der Waals surface area contributed by atoms with E-state index in [1.54, 1.807) is 31.2 Å². The van der Waals surface area contributed by atoms with Gasteiger partial charge in [0.2, 0.25) is 5.91 Å². The lowest BCUT2D eigenvalue weighted by Crippen LogP contribution is -2.29. The fraction of sp³-hybridized carbons (Fsp3) is 0.533. The molecule has 1 aromatic rings. The Bertz CT molecular complexity index is 593. The summed E-state index contributed by atoms with van der Waals surface area (Å²) >= 11 is 0. The minimum atomic E-state index is -3.25. The summed E-state index contributed by atoms with van der Waals surface area (Å²) in [6, 6.07) is 6.84. The molecule has 0 unspecified atom stereocenters. The highest BCUT2D eigenvalue weighted by molar-refractivity contribution is 7.91. The first-order chi connectivity index (χ1) is 10.0. The van der Waals surface area contributed by atoms with Gasteiger partial charge in [0.1, 0.15) is 0 Å². The van der Waals surface area contributed by atoms with Gasteiger partial charge in [-0.15, -0.1) is 0 Å². The van der Waals surface area contributed by atoms with Crippen LogP contribution in [0, 0.1) is 0 Å². The van der Waals surface area contributed by atoms with Crippen molar-refractivity contribution in [2.24, 2.45) is 0 Å². The Morgan fingerprint density at radius 1 is 1.24 bits per heavy atom. The molecule has 1 N–H and O–H groups in total. The number of anilines is 1. The molecule has 1 aliphatic rings. The SMILES string of the molecule is CCS(=O)(=O)c1ccccc1NCCC(=O)N1CCCC1. The molecule has 1 heterocycles. The van der Waals surface area contributed by atoms with Crippen LogP contribution < -0.4 is 5.32 Å². The van der Waals surface area contributed by atoms with Crippen molar-refractivity contribution in [3.63, 3.8) is 0 Å². The molecule has 1 aliphatic heterocycles. The van der Waals surface area contributed by atoms with Gasteiger partial charge in [0.25, 0.3) is 0 Å². The molecule has 21 heavy (non-hydrogen) atoms. The van der Waals surface area contributed by atoms with E-state index in [2.05, 4.69) is 5.32 Å². The maximum Gasteiger partial charge on any atom is 0.224 e. The molecular formula is C15H22N2O3S. The predicted octanol–water partition coefficient (Wildman–Crippen LogP) is 1.90. The minimum absolute atomic E-state index is 0.0679. The highest BCUT2D eigenvalue weighted by Crippen LogP contribution is 2.22. The second kappa shape index (κ2) is 6.93. The Hall–Kier alpha value is -1.56. The molecule has 0 aromatic heterocycles. The number of amides is 1. The summed E-state index contributed by atoms with van der Waals surface area (Å²) in [5, 5.41) is 3.08. The summed E-state index contributed by atoms with van der Waals surface area (Å²) in [5.41, 5.74) is 0.577. The van der Waals surface area contributed by atoms with Crippen molar-refractivity contribution in [2.45, 2.75) is 31.1 Å². The average molecular weight is 310 g/mol. The Morgan fingerprint density at radius 2 is 1.90 bits per heavy atom. The summed E-state index contributed by atoms with van der Waals surface area (Å²) in [6.07, 6.45) is 2.55. The number of rotatable bonds is 6. The van der Waals surface area contributed by atoms with Crippen LogP contribution in [0.4, 0.5) is 5.69 Å². The first-order valence-electron chi connectivity index (χ1n) is 7.38. The largest absolute Gasteiger partial charge is 0.383 e. The molecule has 0 saturated carbocycles. The second-order valence-corrected chi connectivity index (χ2v) is 7.41. The van der Waals surface area contributed by atoms with Crippen LogP contribution >= 0.6 is 0 Å². The van der Waals surface area contributed by atoms with Crippen molar-refractivity contribution >= 4 is 21.4 Å². The Kier molecular flexibility index (Phi) is 5.22. The highest BCUT2D eigenvalue weighted by atomic mass is 32.2. The summed E-state index contributed by atoms with van der Waals surface area (Å²) in [6.45, 7) is 3.77. The molecule has 0 radical (unpaired) electrons. The summed E-state index contributed by atoms with van der Waals surface area (Å²) in [5.74, 6) is 0.203. The number of sulfone groups is 1. The van der Waals surface area contributed by atoms with Crippen molar-refractivity contribution in [3.05, 3.63) is 24.3 Å². The van der Waals surface area contributed by atoms with Crippen LogP contribution in [0.3, 0.4) is 0 Å². The topological polar surface area (TPSA) is 66.5 Å². The molecule has 1 saturated heterocycles. The standard InChI is InChI=1S/C15H22N2O3S/c1-2-21(19,20)14-8-4-3-7-13(14)16-10-9-15(18)17-11-5-6-12-17/h3-4,7-8,16H,2,5-6,9-12H2,1H3. The maximum absolute atomic E-state index is 12.0. The van der Waals surface area contributed by atoms with Gasteiger partial charge in [-0.2, -0.15) is 0 Å². The lowest BCUT2D eigenvalue weighted by molar-refractivity contribution is -0.129. The fourth-order valence-electron chi connectivity index (χ4n) is 2.47. The van der Waals surface area contributed by atoms with E-state index < -0.39 is 9.84 Å². The predicted molar refractivity (Wildman–Crippen MR) is 83.1 cm³/mol. The number of hydrogen-bond donors (Lipinski definition) is 1. The van der Waals surface area contributed by atoms with E-state index in [4.69, 9.17) is 0 Å². The van der Waals surface area contributed by atoms with Crippen LogP contribution in [-0.4, -0.2) is 44.6 Å². The molecule has 1 fully saturated rings. The van der Waals surface area contributed by atoms with Gasteiger partial charge in [-0.25, -0.2) is 8.42 Å². The van der Waals surface area contributed by atoms with Gasteiger partial charge >= 0.3 is 0 Å². The maximum atomic E-state index is 12.0. The molecule has 1 amide bonds. The monoisotopic (exact) mass is 310 g/mol. The van der Waals surface area contributed by atoms with Crippen molar-refractivity contribution < 1.29 is 13.2 Å². The Morgan fingerprint density at radius 3 is 2.57 bits per heavy atom. The number of nitrogens with one attached hydrogen (secondary N) is 1. The van der Waals surface area contributed by atoms with Gasteiger partial charge in [-0.1, -0.05) is 19.1 Å². The third-order valence-electron chi connectivity index (χ3n) is 3.72. The molecule has 2 rings (SSSR count). The van der Waals surface area contributed by atoms with E-state index in [9.17, 15) is 13.2 Å². The normalized spacial score (nSPS) is 15.2. The van der Waals surface area contributed by atoms with E-state index >= 15 is 0 Å². The van der Waals surface area contributed by atoms with Gasteiger partial charge in [0.05, 0.1) is 16.3 Å². The lowest BCUT2D eigenvalue weighted by Gasteiger charge is -2.16. The van der Waals surface area contributed by atoms with Crippen molar-refractivity contribution in [2.75, 3.05) is 30.7 Å². The minimum Gasteiger partial charge on any atom is -0.383 e. The highest BCUT2D eigenvalue weighted by Gasteiger charge is 2.18. The fourth-order valence-corrected chi connectivity index (χ4v) is 3.54. The second-order valence-electron chi connectivity index (χ2n) is 5.16. The third kappa shape index (κ3) is 3.97. The number of carbonyl (C=O) groups excluding carboxylic acids is 1. The number of carbonyl (C=O) groups is 1. The molecule has 0 bridgehead atoms. The van der Waals surface area contributed by atoms with Gasteiger partial charge in [-0.3, -0.25) is 4.79 Å². The molecule has 0 atom stereocenters. The van der Waals surface area contributed by atoms with Gasteiger partial charge in [0.15, 0.2) is 9.84 Å². The molecule has 1 aromatic carbocycles. The molecule has 0 spiro atoms. The average Bonchev–Trinajstić information content (AvgIpc) is 3.02. The van der Waals surface area contributed by atoms with Crippen LogP contribution in [0.15, 0.2) is 29.2 Å². The zero-order valence-corrected chi connectivity index (χ0v) is 13.2. The zero-order valence-electron chi connectivity index (χ0n) is 12.3. The first-order valence-corrected chi connectivity index (χ1v) is 9.03. The van der Waals surface area contributed by atoms with E-state index in [-0.39, 0.29) is 11.7 Å². The van der Waals surface area contributed by atoms with E-state index in [1.807, 2.05) is 4.90 Å². The molecular weight excluding hydrogens is 288 g/mol. The van der Waals surface area contributed by atoms with Crippen molar-refractivity contribution in [1.82, 2.24) is 4.90 Å². The van der Waals surface area contributed by atoms with Gasteiger partial charge in [0, 0.05) is 26.1 Å². The Balaban J connectivity index is 1.96. The summed E-state index contributed by atoms with van der Waals surface area (Å²) in [7, 11) is -3.25. The summed E-state index contributed by atoms with van der Waals surface area (Å²) < 4.78 is 24.0. The number of hydrogen-bond acceptors (Lipinski definition) is 4. The van der Waals surface area contributed by atoms with Crippen molar-refractivity contribution in [3.8, 4) is 0 Å². The molecule has 6 heteroatoms. The van der Waals surface area contributed by atoms with Crippen molar-refractivity contribution in [1.29, 1.82) is 0 Å². The van der Waals surface area contributed by atoms with E-state index in [0.29, 0.717) is 23.5 Å². The molecule has 5 nitrogen and oxygen atoms in total. The van der Waals surface area contributed by atoms with E-state index in [1.165, 1.54) is 0 Å². The van der Waals surface area contributed by atoms with Crippen LogP contribution in [0.1, 0.15) is 26.2 Å². The zero-order chi connectivity index (χ0) is 15.3. The quantitative estimate of drug-likeness (QED) is 0.871. The molecule has 0 aliphatic carbocycles. The smallest absolute Gasteiger partial charge is 0.224 e. The number of para-hydroxylation sites is 1. The summed E-state index contributed by atoms with van der Waals surface area (Å²) in [4.78, 5) is 14.1. The van der Waals surface area contributed by atoms with E-state index in [0.717, 1.165) is 25.9 Å². The first kappa shape index (κ1) is 15.8. The van der Waals surface area contributed by atoms with Gasteiger partial charge in [-0.05, 0) is 25.0 Å².